The summed E-state index contributed by atoms with van der Waals surface area (Å²) in [4.78, 5) is 35.5. The van der Waals surface area contributed by atoms with Crippen molar-refractivity contribution in [3.8, 4) is 11.6 Å². The van der Waals surface area contributed by atoms with Crippen molar-refractivity contribution in [3.63, 3.8) is 0 Å². The molecule has 2 aromatic heterocycles. The molecule has 0 unspecified atom stereocenters. The van der Waals surface area contributed by atoms with Gasteiger partial charge < -0.3 is 24.0 Å². The van der Waals surface area contributed by atoms with Crippen LogP contribution in [0.4, 0.5) is 11.5 Å². The lowest BCUT2D eigenvalue weighted by atomic mass is 10.2. The number of benzene rings is 1. The summed E-state index contributed by atoms with van der Waals surface area (Å²) >= 11 is 6.11. The monoisotopic (exact) mass is 499 g/mol. The Labute approximate surface area is 205 Å². The maximum absolute atomic E-state index is 12.5. The van der Waals surface area contributed by atoms with Gasteiger partial charge in [0.25, 0.3) is 5.91 Å². The van der Waals surface area contributed by atoms with Crippen LogP contribution in [0.5, 0.6) is 11.6 Å². The van der Waals surface area contributed by atoms with E-state index in [2.05, 4.69) is 15.1 Å². The van der Waals surface area contributed by atoms with E-state index in [1.165, 1.54) is 18.8 Å². The average Bonchev–Trinajstić information content (AvgIpc) is 3.38. The van der Waals surface area contributed by atoms with Gasteiger partial charge in [0.05, 0.1) is 17.4 Å². The molecule has 35 heavy (non-hydrogen) atoms. The van der Waals surface area contributed by atoms with Crippen LogP contribution in [0.1, 0.15) is 16.1 Å². The molecular weight excluding hydrogens is 478 g/mol. The van der Waals surface area contributed by atoms with Crippen LogP contribution >= 0.6 is 11.6 Å². The Kier molecular flexibility index (Phi) is 7.11. The summed E-state index contributed by atoms with van der Waals surface area (Å²) in [5, 5.41) is 18.3. The Morgan fingerprint density at radius 2 is 2.03 bits per heavy atom. The predicted octanol–water partition coefficient (Wildman–Crippen LogP) is 3.28. The van der Waals surface area contributed by atoms with Crippen molar-refractivity contribution in [3.05, 3.63) is 69.4 Å². The molecule has 0 saturated carbocycles. The zero-order valence-electron chi connectivity index (χ0n) is 19.0. The van der Waals surface area contributed by atoms with E-state index in [0.29, 0.717) is 42.5 Å². The summed E-state index contributed by atoms with van der Waals surface area (Å²) in [5.41, 5.74) is 0.148. The SMILES string of the molecule is CN(C)/N=C/c1cc(Cl)ccc1Oc1ncnc(N2CCN(C(=O)c3ccco3)CC2)c1[N+](=O)[O-]. The van der Waals surface area contributed by atoms with Crippen molar-refractivity contribution >= 4 is 35.2 Å². The van der Waals surface area contributed by atoms with Crippen LogP contribution in [0.15, 0.2) is 52.4 Å². The molecule has 0 N–H and O–H groups in total. The zero-order valence-corrected chi connectivity index (χ0v) is 19.8. The Bertz CT molecular complexity index is 1240. The van der Waals surface area contributed by atoms with Crippen LogP contribution in [0.3, 0.4) is 0 Å². The molecule has 12 nitrogen and oxygen atoms in total. The normalized spacial score (nSPS) is 13.8. The summed E-state index contributed by atoms with van der Waals surface area (Å²) in [6.45, 7) is 1.37. The number of ether oxygens (including phenoxy) is 1. The number of hydrazone groups is 1. The number of nitrogens with zero attached hydrogens (tertiary/aromatic N) is 7. The first-order valence-electron chi connectivity index (χ1n) is 10.6. The lowest BCUT2D eigenvalue weighted by Gasteiger charge is -2.34. The number of carbonyl (C=O) groups excluding carboxylic acids is 1. The molecule has 3 aromatic rings. The number of carbonyl (C=O) groups is 1. The number of furan rings is 1. The number of aromatic nitrogens is 2. The molecule has 3 heterocycles. The van der Waals surface area contributed by atoms with E-state index in [-0.39, 0.29) is 29.1 Å². The van der Waals surface area contributed by atoms with Gasteiger partial charge in [-0.2, -0.15) is 10.1 Å². The first-order chi connectivity index (χ1) is 16.8. The largest absolute Gasteiger partial charge is 0.459 e. The lowest BCUT2D eigenvalue weighted by Crippen LogP contribution is -2.49. The molecule has 1 fully saturated rings. The maximum Gasteiger partial charge on any atom is 0.373 e. The summed E-state index contributed by atoms with van der Waals surface area (Å²) < 4.78 is 11.0. The highest BCUT2D eigenvalue weighted by Crippen LogP contribution is 2.37. The Morgan fingerprint density at radius 3 is 2.69 bits per heavy atom. The number of hydrogen-bond acceptors (Lipinski definition) is 10. The molecule has 0 spiro atoms. The van der Waals surface area contributed by atoms with Gasteiger partial charge in [0, 0.05) is 50.9 Å². The first-order valence-corrected chi connectivity index (χ1v) is 11.0. The van der Waals surface area contributed by atoms with Crippen LogP contribution in [0, 0.1) is 10.1 Å². The minimum absolute atomic E-state index is 0.113. The van der Waals surface area contributed by atoms with Gasteiger partial charge in [0.15, 0.2) is 5.76 Å². The van der Waals surface area contributed by atoms with Gasteiger partial charge in [-0.05, 0) is 30.3 Å². The van der Waals surface area contributed by atoms with Crippen molar-refractivity contribution in [1.29, 1.82) is 0 Å². The van der Waals surface area contributed by atoms with Crippen molar-refractivity contribution < 1.29 is 18.9 Å². The third kappa shape index (κ3) is 5.49. The molecule has 0 atom stereocenters. The molecule has 1 aromatic carbocycles. The topological polar surface area (TPSA) is 130 Å². The van der Waals surface area contributed by atoms with Crippen LogP contribution in [0.2, 0.25) is 5.02 Å². The van der Waals surface area contributed by atoms with Crippen LogP contribution in [-0.2, 0) is 0 Å². The minimum Gasteiger partial charge on any atom is -0.459 e. The van der Waals surface area contributed by atoms with Crippen LogP contribution in [0.25, 0.3) is 0 Å². The average molecular weight is 500 g/mol. The Morgan fingerprint density at radius 1 is 1.26 bits per heavy atom. The number of anilines is 1. The second-order valence-corrected chi connectivity index (χ2v) is 8.18. The highest BCUT2D eigenvalue weighted by atomic mass is 35.5. The first kappa shape index (κ1) is 24.0. The van der Waals surface area contributed by atoms with Crippen molar-refractivity contribution in [1.82, 2.24) is 19.9 Å². The number of piperazine rings is 1. The smallest absolute Gasteiger partial charge is 0.373 e. The van der Waals surface area contributed by atoms with E-state index in [0.717, 1.165) is 0 Å². The molecule has 1 saturated heterocycles. The summed E-state index contributed by atoms with van der Waals surface area (Å²) in [5.74, 6) is 0.212. The van der Waals surface area contributed by atoms with Crippen LogP contribution < -0.4 is 9.64 Å². The van der Waals surface area contributed by atoms with E-state index in [9.17, 15) is 14.9 Å². The number of halogens is 1. The van der Waals surface area contributed by atoms with Gasteiger partial charge in [0.1, 0.15) is 12.1 Å². The van der Waals surface area contributed by atoms with Gasteiger partial charge in [-0.3, -0.25) is 14.9 Å². The number of hydrogen-bond donors (Lipinski definition) is 0. The van der Waals surface area contributed by atoms with E-state index >= 15 is 0 Å². The zero-order chi connectivity index (χ0) is 24.9. The second kappa shape index (κ2) is 10.4. The molecular formula is C22H22ClN7O5. The van der Waals surface area contributed by atoms with Crippen molar-refractivity contribution in [2.45, 2.75) is 0 Å². The number of rotatable bonds is 7. The van der Waals surface area contributed by atoms with Crippen molar-refractivity contribution in [2.75, 3.05) is 45.2 Å². The molecule has 0 radical (unpaired) electrons. The number of nitro groups is 1. The van der Waals surface area contributed by atoms with Crippen molar-refractivity contribution in [2.24, 2.45) is 5.10 Å². The summed E-state index contributed by atoms with van der Waals surface area (Å²) in [7, 11) is 3.51. The molecule has 1 aliphatic heterocycles. The Hall–Kier alpha value is -4.19. The molecule has 1 aliphatic rings. The van der Waals surface area contributed by atoms with Gasteiger partial charge in [-0.1, -0.05) is 11.6 Å². The van der Waals surface area contributed by atoms with Gasteiger partial charge in [-0.25, -0.2) is 4.98 Å². The number of amides is 1. The van der Waals surface area contributed by atoms with Gasteiger partial charge in [0.2, 0.25) is 5.82 Å². The van der Waals surface area contributed by atoms with E-state index in [1.54, 1.807) is 59.2 Å². The van der Waals surface area contributed by atoms with E-state index in [1.807, 2.05) is 0 Å². The highest BCUT2D eigenvalue weighted by Gasteiger charge is 2.32. The highest BCUT2D eigenvalue weighted by molar-refractivity contribution is 6.30. The minimum atomic E-state index is -0.575. The predicted molar refractivity (Wildman–Crippen MR) is 128 cm³/mol. The van der Waals surface area contributed by atoms with E-state index in [4.69, 9.17) is 20.8 Å². The fourth-order valence-corrected chi connectivity index (χ4v) is 3.67. The molecule has 4 rings (SSSR count). The lowest BCUT2D eigenvalue weighted by molar-refractivity contribution is -0.385. The standard InChI is InChI=1S/C22H22ClN7O5/c1-27(2)26-13-15-12-16(23)5-6-17(15)35-21-19(30(32)33)20(24-14-25-21)28-7-9-29(10-8-28)22(31)18-4-3-11-34-18/h3-6,11-14H,7-10H2,1-2H3/b26-13+. The molecule has 0 bridgehead atoms. The second-order valence-electron chi connectivity index (χ2n) is 7.74. The molecule has 1 amide bonds. The fraction of sp³-hybridized carbons (Fsp3) is 0.273. The van der Waals surface area contributed by atoms with E-state index < -0.39 is 4.92 Å². The van der Waals surface area contributed by atoms with Gasteiger partial charge >= 0.3 is 11.6 Å². The van der Waals surface area contributed by atoms with Crippen LogP contribution in [-0.4, -0.2) is 77.2 Å². The quantitative estimate of drug-likeness (QED) is 0.273. The summed E-state index contributed by atoms with van der Waals surface area (Å²) in [6, 6.07) is 8.07. The third-order valence-electron chi connectivity index (χ3n) is 5.16. The third-order valence-corrected chi connectivity index (χ3v) is 5.39. The summed E-state index contributed by atoms with van der Waals surface area (Å²) in [6.07, 6.45) is 4.18. The maximum atomic E-state index is 12.5. The molecule has 0 aliphatic carbocycles. The fourth-order valence-electron chi connectivity index (χ4n) is 3.49. The Balaban J connectivity index is 1.58. The molecule has 13 heteroatoms. The van der Waals surface area contributed by atoms with Gasteiger partial charge in [-0.15, -0.1) is 0 Å². The molecule has 182 valence electrons.